The minimum atomic E-state index is -0.204. The minimum Gasteiger partial charge on any atom is -0.393 e. The van der Waals surface area contributed by atoms with Crippen LogP contribution in [0.15, 0.2) is 30.3 Å². The van der Waals surface area contributed by atoms with Gasteiger partial charge in [-0.25, -0.2) is 0 Å². The summed E-state index contributed by atoms with van der Waals surface area (Å²) in [5.74, 6) is 0.373. The van der Waals surface area contributed by atoms with Crippen molar-refractivity contribution >= 4 is 0 Å². The molecule has 1 aromatic rings. The van der Waals surface area contributed by atoms with Crippen molar-refractivity contribution in [2.45, 2.75) is 32.9 Å². The summed E-state index contributed by atoms with van der Waals surface area (Å²) in [7, 11) is 2.13. The second-order valence-corrected chi connectivity index (χ2v) is 4.73. The number of rotatable bonds is 6. The largest absolute Gasteiger partial charge is 0.393 e. The third kappa shape index (κ3) is 4.77. The molecule has 0 radical (unpaired) electrons. The minimum absolute atomic E-state index is 0.204. The molecule has 0 fully saturated rings. The van der Waals surface area contributed by atoms with Crippen molar-refractivity contribution in [1.82, 2.24) is 4.90 Å². The Bertz CT molecular complexity index is 284. The molecule has 1 aromatic carbocycles. The van der Waals surface area contributed by atoms with Gasteiger partial charge in [0.2, 0.25) is 0 Å². The first-order valence-corrected chi connectivity index (χ1v) is 6.00. The van der Waals surface area contributed by atoms with Crippen molar-refractivity contribution in [2.24, 2.45) is 5.92 Å². The van der Waals surface area contributed by atoms with Gasteiger partial charge in [-0.15, -0.1) is 0 Å². The molecular weight excluding hydrogens is 198 g/mol. The number of nitrogens with zero attached hydrogens (tertiary/aromatic N) is 1. The Morgan fingerprint density at radius 3 is 2.38 bits per heavy atom. The quantitative estimate of drug-likeness (QED) is 0.798. The Hall–Kier alpha value is -0.860. The molecule has 16 heavy (non-hydrogen) atoms. The van der Waals surface area contributed by atoms with Crippen LogP contribution in [0.4, 0.5) is 0 Å². The van der Waals surface area contributed by atoms with Gasteiger partial charge in [-0.3, -0.25) is 0 Å². The highest BCUT2D eigenvalue weighted by Crippen LogP contribution is 2.09. The van der Waals surface area contributed by atoms with Crippen LogP contribution in [0.2, 0.25) is 0 Å². The fraction of sp³-hybridized carbons (Fsp3) is 0.571. The molecule has 0 amide bonds. The van der Waals surface area contributed by atoms with Crippen molar-refractivity contribution in [3.8, 4) is 0 Å². The number of aliphatic hydroxyl groups excluding tert-OH is 1. The Balaban J connectivity index is 2.29. The van der Waals surface area contributed by atoms with Crippen LogP contribution < -0.4 is 0 Å². The average Bonchev–Trinajstić information content (AvgIpc) is 2.27. The van der Waals surface area contributed by atoms with Crippen LogP contribution in [0.25, 0.3) is 0 Å². The maximum Gasteiger partial charge on any atom is 0.0538 e. The molecule has 2 nitrogen and oxygen atoms in total. The third-order valence-electron chi connectivity index (χ3n) is 3.08. The molecule has 0 aliphatic rings. The van der Waals surface area contributed by atoms with Gasteiger partial charge in [-0.2, -0.15) is 0 Å². The topological polar surface area (TPSA) is 23.5 Å². The second-order valence-electron chi connectivity index (χ2n) is 4.73. The maximum atomic E-state index is 9.40. The van der Waals surface area contributed by atoms with Crippen LogP contribution in [0.1, 0.15) is 25.8 Å². The average molecular weight is 221 g/mol. The molecule has 0 spiro atoms. The van der Waals surface area contributed by atoms with Gasteiger partial charge in [0.1, 0.15) is 0 Å². The van der Waals surface area contributed by atoms with Crippen LogP contribution in [-0.4, -0.2) is 29.7 Å². The first kappa shape index (κ1) is 13.2. The predicted molar refractivity (Wildman–Crippen MR) is 68.2 cm³/mol. The highest BCUT2D eigenvalue weighted by Gasteiger charge is 2.09. The van der Waals surface area contributed by atoms with Crippen molar-refractivity contribution < 1.29 is 5.11 Å². The first-order chi connectivity index (χ1) is 7.59. The summed E-state index contributed by atoms with van der Waals surface area (Å²) in [5.41, 5.74) is 1.34. The molecular formula is C14H23NO. The molecule has 1 rings (SSSR count). The van der Waals surface area contributed by atoms with E-state index in [0.717, 1.165) is 19.5 Å². The summed E-state index contributed by atoms with van der Waals surface area (Å²) < 4.78 is 0. The standard InChI is InChI=1S/C14H23NO/c1-12(13(2)16)9-10-15(3)11-14-7-5-4-6-8-14/h4-8,12-13,16H,9-11H2,1-3H3. The van der Waals surface area contributed by atoms with E-state index in [9.17, 15) is 5.11 Å². The molecule has 0 bridgehead atoms. The number of hydrogen-bond donors (Lipinski definition) is 1. The molecule has 0 heterocycles. The molecule has 0 aliphatic heterocycles. The Labute approximate surface area is 98.9 Å². The first-order valence-electron chi connectivity index (χ1n) is 6.00. The van der Waals surface area contributed by atoms with E-state index in [1.165, 1.54) is 5.56 Å². The zero-order chi connectivity index (χ0) is 12.0. The van der Waals surface area contributed by atoms with Crippen LogP contribution in [0.3, 0.4) is 0 Å². The summed E-state index contributed by atoms with van der Waals surface area (Å²) in [6, 6.07) is 10.5. The van der Waals surface area contributed by atoms with Gasteiger partial charge in [0.25, 0.3) is 0 Å². The van der Waals surface area contributed by atoms with Gasteiger partial charge < -0.3 is 10.0 Å². The van der Waals surface area contributed by atoms with Crippen molar-refractivity contribution in [1.29, 1.82) is 0 Å². The van der Waals surface area contributed by atoms with Crippen LogP contribution in [0.5, 0.6) is 0 Å². The van der Waals surface area contributed by atoms with Crippen molar-refractivity contribution in [3.05, 3.63) is 35.9 Å². The van der Waals surface area contributed by atoms with Gasteiger partial charge in [-0.1, -0.05) is 37.3 Å². The summed E-state index contributed by atoms with van der Waals surface area (Å²) in [6.45, 7) is 5.97. The van der Waals surface area contributed by atoms with E-state index < -0.39 is 0 Å². The summed E-state index contributed by atoms with van der Waals surface area (Å²) >= 11 is 0. The van der Waals surface area contributed by atoms with Crippen LogP contribution >= 0.6 is 0 Å². The molecule has 0 aliphatic carbocycles. The number of aliphatic hydroxyl groups is 1. The lowest BCUT2D eigenvalue weighted by Crippen LogP contribution is -2.23. The summed E-state index contributed by atoms with van der Waals surface area (Å²) in [4.78, 5) is 2.30. The molecule has 0 saturated heterocycles. The fourth-order valence-electron chi connectivity index (χ4n) is 1.64. The van der Waals surface area contributed by atoms with E-state index in [1.807, 2.05) is 13.0 Å². The molecule has 0 aromatic heterocycles. The van der Waals surface area contributed by atoms with Crippen LogP contribution in [0, 0.1) is 5.92 Å². The van der Waals surface area contributed by atoms with Gasteiger partial charge >= 0.3 is 0 Å². The van der Waals surface area contributed by atoms with E-state index in [4.69, 9.17) is 0 Å². The summed E-state index contributed by atoms with van der Waals surface area (Å²) in [5, 5.41) is 9.40. The van der Waals surface area contributed by atoms with Crippen molar-refractivity contribution in [3.63, 3.8) is 0 Å². The smallest absolute Gasteiger partial charge is 0.0538 e. The highest BCUT2D eigenvalue weighted by molar-refractivity contribution is 5.14. The van der Waals surface area contributed by atoms with Crippen LogP contribution in [-0.2, 0) is 6.54 Å². The maximum absolute atomic E-state index is 9.40. The molecule has 2 atom stereocenters. The SMILES string of the molecule is CC(O)C(C)CCN(C)Cc1ccccc1. The molecule has 1 N–H and O–H groups in total. The lowest BCUT2D eigenvalue weighted by molar-refractivity contribution is 0.122. The fourth-order valence-corrected chi connectivity index (χ4v) is 1.64. The predicted octanol–water partition coefficient (Wildman–Crippen LogP) is 2.53. The number of benzene rings is 1. The van der Waals surface area contributed by atoms with E-state index in [0.29, 0.717) is 5.92 Å². The van der Waals surface area contributed by atoms with E-state index in [-0.39, 0.29) is 6.10 Å². The Kier molecular flexibility index (Phi) is 5.50. The van der Waals surface area contributed by atoms with Gasteiger partial charge in [-0.05, 0) is 38.4 Å². The summed E-state index contributed by atoms with van der Waals surface area (Å²) in [6.07, 6.45) is 0.839. The molecule has 0 saturated carbocycles. The molecule has 2 unspecified atom stereocenters. The lowest BCUT2D eigenvalue weighted by Gasteiger charge is -2.20. The van der Waals surface area contributed by atoms with E-state index in [2.05, 4.69) is 43.1 Å². The second kappa shape index (κ2) is 6.66. The monoisotopic (exact) mass is 221 g/mol. The van der Waals surface area contributed by atoms with E-state index in [1.54, 1.807) is 0 Å². The lowest BCUT2D eigenvalue weighted by atomic mass is 10.0. The van der Waals surface area contributed by atoms with Crippen molar-refractivity contribution in [2.75, 3.05) is 13.6 Å². The zero-order valence-corrected chi connectivity index (χ0v) is 10.6. The number of hydrogen-bond acceptors (Lipinski definition) is 2. The Morgan fingerprint density at radius 1 is 1.19 bits per heavy atom. The Morgan fingerprint density at radius 2 is 1.81 bits per heavy atom. The molecule has 90 valence electrons. The normalized spacial score (nSPS) is 15.1. The van der Waals surface area contributed by atoms with Gasteiger partial charge in [0.15, 0.2) is 0 Å². The van der Waals surface area contributed by atoms with E-state index >= 15 is 0 Å². The van der Waals surface area contributed by atoms with Gasteiger partial charge in [0.05, 0.1) is 6.10 Å². The highest BCUT2D eigenvalue weighted by atomic mass is 16.3. The molecule has 2 heteroatoms. The third-order valence-corrected chi connectivity index (χ3v) is 3.08. The zero-order valence-electron chi connectivity index (χ0n) is 10.6. The van der Waals surface area contributed by atoms with Gasteiger partial charge in [0, 0.05) is 6.54 Å².